The number of nitrogens with two attached hydrogens (primary N) is 1. The van der Waals surface area contributed by atoms with Crippen molar-refractivity contribution >= 4 is 27.6 Å². The molecule has 2 aliphatic rings. The van der Waals surface area contributed by atoms with E-state index >= 15 is 0 Å². The van der Waals surface area contributed by atoms with Crippen molar-refractivity contribution in [1.29, 1.82) is 0 Å². The third-order valence-corrected chi connectivity index (χ3v) is 5.24. The number of benzene rings is 1. The number of para-hydroxylation sites is 1. The summed E-state index contributed by atoms with van der Waals surface area (Å²) < 4.78 is 1.08. The van der Waals surface area contributed by atoms with Gasteiger partial charge < -0.3 is 15.5 Å². The first kappa shape index (κ1) is 13.9. The number of nitrogens with zero attached hydrogens (tertiary/aromatic N) is 3. The Hall–Kier alpha value is -1.07. The second-order valence-corrected chi connectivity index (χ2v) is 6.47. The Morgan fingerprint density at radius 1 is 1.30 bits per heavy atom. The molecule has 2 aliphatic heterocycles. The van der Waals surface area contributed by atoms with E-state index in [1.54, 1.807) is 0 Å². The highest BCUT2D eigenvalue weighted by Crippen LogP contribution is 2.39. The molecule has 20 heavy (non-hydrogen) atoms. The van der Waals surface area contributed by atoms with E-state index < -0.39 is 0 Å². The molecule has 0 aromatic heterocycles. The van der Waals surface area contributed by atoms with Gasteiger partial charge in [0.2, 0.25) is 0 Å². The minimum Gasteiger partial charge on any atom is -0.369 e. The molecular formula is C15H21BrN4. The van der Waals surface area contributed by atoms with Crippen LogP contribution in [0.1, 0.15) is 19.8 Å². The Labute approximate surface area is 128 Å². The van der Waals surface area contributed by atoms with Crippen molar-refractivity contribution in [2.75, 3.05) is 31.1 Å². The summed E-state index contributed by atoms with van der Waals surface area (Å²) in [5.74, 6) is 0.654. The number of anilines is 1. The van der Waals surface area contributed by atoms with E-state index in [-0.39, 0.29) is 5.54 Å². The third kappa shape index (κ3) is 2.23. The fourth-order valence-corrected chi connectivity index (χ4v) is 3.75. The molecule has 0 atom stereocenters. The molecule has 1 aromatic rings. The van der Waals surface area contributed by atoms with Gasteiger partial charge >= 0.3 is 0 Å². The summed E-state index contributed by atoms with van der Waals surface area (Å²) in [6.45, 7) is 6.42. The zero-order chi connectivity index (χ0) is 14.2. The van der Waals surface area contributed by atoms with E-state index in [0.717, 1.165) is 49.2 Å². The molecule has 0 bridgehead atoms. The molecule has 2 N–H and O–H groups in total. The summed E-state index contributed by atoms with van der Waals surface area (Å²) in [5, 5.41) is 0. The van der Waals surface area contributed by atoms with Crippen LogP contribution in [0.25, 0.3) is 0 Å². The molecule has 1 aromatic carbocycles. The van der Waals surface area contributed by atoms with Gasteiger partial charge in [0, 0.05) is 17.6 Å². The average molecular weight is 337 g/mol. The van der Waals surface area contributed by atoms with Crippen LogP contribution in [0.3, 0.4) is 0 Å². The number of likely N-dealkylation sites (tertiary alicyclic amines) is 1. The van der Waals surface area contributed by atoms with Gasteiger partial charge in [0.1, 0.15) is 0 Å². The third-order valence-electron chi connectivity index (χ3n) is 4.57. The van der Waals surface area contributed by atoms with Crippen LogP contribution in [0.2, 0.25) is 0 Å². The van der Waals surface area contributed by atoms with Crippen molar-refractivity contribution in [3.63, 3.8) is 0 Å². The highest BCUT2D eigenvalue weighted by Gasteiger charge is 2.45. The maximum Gasteiger partial charge on any atom is 0.196 e. The van der Waals surface area contributed by atoms with Crippen molar-refractivity contribution in [2.45, 2.75) is 25.3 Å². The summed E-state index contributed by atoms with van der Waals surface area (Å²) in [4.78, 5) is 9.30. The minimum atomic E-state index is 0.0691. The van der Waals surface area contributed by atoms with E-state index in [0.29, 0.717) is 5.96 Å². The fourth-order valence-electron chi connectivity index (χ4n) is 3.29. The zero-order valence-electron chi connectivity index (χ0n) is 11.8. The van der Waals surface area contributed by atoms with Crippen LogP contribution in [0.5, 0.6) is 0 Å². The molecule has 1 saturated heterocycles. The molecule has 0 unspecified atom stereocenters. The molecule has 1 fully saturated rings. The van der Waals surface area contributed by atoms with Gasteiger partial charge in [-0.05, 0) is 47.4 Å². The molecule has 1 spiro atoms. The lowest BCUT2D eigenvalue weighted by Crippen LogP contribution is -2.57. The molecule has 2 heterocycles. The second-order valence-electron chi connectivity index (χ2n) is 5.62. The van der Waals surface area contributed by atoms with Crippen LogP contribution in [-0.2, 0) is 0 Å². The van der Waals surface area contributed by atoms with Crippen molar-refractivity contribution in [1.82, 2.24) is 4.90 Å². The van der Waals surface area contributed by atoms with Crippen molar-refractivity contribution in [2.24, 2.45) is 10.7 Å². The van der Waals surface area contributed by atoms with Crippen LogP contribution in [0, 0.1) is 0 Å². The molecule has 0 aliphatic carbocycles. The maximum atomic E-state index is 6.19. The van der Waals surface area contributed by atoms with Gasteiger partial charge in [0.25, 0.3) is 0 Å². The molecule has 0 saturated carbocycles. The highest BCUT2D eigenvalue weighted by molar-refractivity contribution is 9.10. The van der Waals surface area contributed by atoms with Gasteiger partial charge in [-0.25, -0.2) is 0 Å². The van der Waals surface area contributed by atoms with Gasteiger partial charge in [-0.1, -0.05) is 19.1 Å². The van der Waals surface area contributed by atoms with Gasteiger partial charge in [0.15, 0.2) is 5.96 Å². The van der Waals surface area contributed by atoms with Crippen LogP contribution in [0.15, 0.2) is 33.7 Å². The molecule has 108 valence electrons. The number of aliphatic imine (C=N–C) groups is 1. The highest BCUT2D eigenvalue weighted by atomic mass is 79.9. The van der Waals surface area contributed by atoms with Gasteiger partial charge in [-0.15, -0.1) is 0 Å². The second kappa shape index (κ2) is 5.37. The monoisotopic (exact) mass is 336 g/mol. The van der Waals surface area contributed by atoms with Crippen molar-refractivity contribution in [3.8, 4) is 0 Å². The van der Waals surface area contributed by atoms with Crippen LogP contribution in [-0.4, -0.2) is 42.6 Å². The number of guanidine groups is 1. The van der Waals surface area contributed by atoms with Crippen molar-refractivity contribution < 1.29 is 0 Å². The number of hydrogen-bond donors (Lipinski definition) is 1. The number of hydrogen-bond acceptors (Lipinski definition) is 4. The molecule has 5 heteroatoms. The lowest BCUT2D eigenvalue weighted by atomic mass is 9.86. The number of halogens is 1. The van der Waals surface area contributed by atoms with E-state index in [2.05, 4.69) is 55.8 Å². The lowest BCUT2D eigenvalue weighted by Gasteiger charge is -2.45. The minimum absolute atomic E-state index is 0.0691. The normalized spacial score (nSPS) is 22.3. The molecule has 4 nitrogen and oxygen atoms in total. The quantitative estimate of drug-likeness (QED) is 0.902. The summed E-state index contributed by atoms with van der Waals surface area (Å²) in [7, 11) is 0. The number of piperidine rings is 1. The fraction of sp³-hybridized carbons (Fsp3) is 0.533. The van der Waals surface area contributed by atoms with Crippen LogP contribution >= 0.6 is 15.9 Å². The molecule has 3 rings (SSSR count). The Bertz CT molecular complexity index is 520. The summed E-state index contributed by atoms with van der Waals surface area (Å²) >= 11 is 3.65. The first-order valence-electron chi connectivity index (χ1n) is 7.23. The van der Waals surface area contributed by atoms with E-state index in [1.165, 1.54) is 0 Å². The van der Waals surface area contributed by atoms with Gasteiger partial charge in [-0.3, -0.25) is 4.99 Å². The Kier molecular flexibility index (Phi) is 3.73. The number of rotatable bonds is 2. The predicted octanol–water partition coefficient (Wildman–Crippen LogP) is 2.44. The van der Waals surface area contributed by atoms with Crippen molar-refractivity contribution in [3.05, 3.63) is 28.7 Å². The zero-order valence-corrected chi connectivity index (χ0v) is 13.4. The van der Waals surface area contributed by atoms with Gasteiger partial charge in [0.05, 0.1) is 17.8 Å². The summed E-state index contributed by atoms with van der Waals surface area (Å²) in [6.07, 6.45) is 2.23. The molecular weight excluding hydrogens is 316 g/mol. The van der Waals surface area contributed by atoms with E-state index in [9.17, 15) is 0 Å². The molecule has 0 radical (unpaired) electrons. The largest absolute Gasteiger partial charge is 0.369 e. The average Bonchev–Trinajstić information content (AvgIpc) is 2.78. The topological polar surface area (TPSA) is 44.9 Å². The van der Waals surface area contributed by atoms with E-state index in [4.69, 9.17) is 5.73 Å². The first-order chi connectivity index (χ1) is 9.66. The maximum absolute atomic E-state index is 6.19. The summed E-state index contributed by atoms with van der Waals surface area (Å²) in [5.41, 5.74) is 7.40. The SMILES string of the molecule is CCN1CCC2(CC1)CN=C(N)N2c1ccccc1Br. The Morgan fingerprint density at radius 2 is 2.00 bits per heavy atom. The van der Waals surface area contributed by atoms with Crippen LogP contribution in [0.4, 0.5) is 5.69 Å². The van der Waals surface area contributed by atoms with Crippen LogP contribution < -0.4 is 10.6 Å². The van der Waals surface area contributed by atoms with E-state index in [1.807, 2.05) is 6.07 Å². The summed E-state index contributed by atoms with van der Waals surface area (Å²) in [6, 6.07) is 8.27. The lowest BCUT2D eigenvalue weighted by molar-refractivity contribution is 0.178. The molecule has 0 amide bonds. The standard InChI is InChI=1S/C15H21BrN4/c1-2-19-9-7-15(8-10-19)11-18-14(17)20(15)13-6-4-3-5-12(13)16/h3-6H,2,7-11H2,1H3,(H2,17,18). The smallest absolute Gasteiger partial charge is 0.196 e. The predicted molar refractivity (Wildman–Crippen MR) is 87.2 cm³/mol. The Balaban J connectivity index is 1.92. The first-order valence-corrected chi connectivity index (χ1v) is 8.03. The Morgan fingerprint density at radius 3 is 2.65 bits per heavy atom. The van der Waals surface area contributed by atoms with Gasteiger partial charge in [-0.2, -0.15) is 0 Å².